The number of ether oxygens (including phenoxy) is 1. The van der Waals surface area contributed by atoms with Crippen molar-refractivity contribution in [2.75, 3.05) is 26.0 Å². The molecule has 0 fully saturated rings. The topological polar surface area (TPSA) is 72.5 Å². The normalized spacial score (nSPS) is 11.6. The lowest BCUT2D eigenvalue weighted by Crippen LogP contribution is -2.25. The minimum atomic E-state index is -3.10. The third kappa shape index (κ3) is 8.14. The minimum absolute atomic E-state index is 0.0584. The molecule has 0 heterocycles. The molecule has 0 atom stereocenters. The van der Waals surface area contributed by atoms with Gasteiger partial charge in [0.25, 0.3) is 5.91 Å². The van der Waals surface area contributed by atoms with Gasteiger partial charge in [0.05, 0.1) is 5.75 Å². The summed E-state index contributed by atoms with van der Waals surface area (Å²) in [5, 5.41) is 2.81. The lowest BCUT2D eigenvalue weighted by molar-refractivity contribution is 0.0925. The Hall–Kier alpha value is -1.40. The highest BCUT2D eigenvalue weighted by molar-refractivity contribution is 7.89. The van der Waals surface area contributed by atoms with E-state index >= 15 is 0 Å². The molecule has 1 amide bonds. The standard InChI is InChI=1S/C16H25NO4S/c1-13(2)11-21-9-5-8-17-16(18)15-7-4-6-14(10-15)12-22(3,19)20/h4,6-7,10,13H,5,8-9,11-12H2,1-3H3,(H,17,18). The van der Waals surface area contributed by atoms with Gasteiger partial charge in [-0.3, -0.25) is 4.79 Å². The number of nitrogens with one attached hydrogen (secondary N) is 1. The van der Waals surface area contributed by atoms with E-state index in [0.717, 1.165) is 13.0 Å². The van der Waals surface area contributed by atoms with Gasteiger partial charge < -0.3 is 10.1 Å². The van der Waals surface area contributed by atoms with Crippen LogP contribution < -0.4 is 5.32 Å². The van der Waals surface area contributed by atoms with E-state index in [1.54, 1.807) is 24.3 Å². The molecule has 1 aromatic carbocycles. The fourth-order valence-electron chi connectivity index (χ4n) is 1.90. The van der Waals surface area contributed by atoms with Gasteiger partial charge in [0, 0.05) is 31.6 Å². The number of rotatable bonds is 9. The molecule has 0 bridgehead atoms. The molecule has 0 saturated carbocycles. The van der Waals surface area contributed by atoms with Crippen molar-refractivity contribution in [3.63, 3.8) is 0 Å². The molecule has 124 valence electrons. The zero-order valence-corrected chi connectivity index (χ0v) is 14.3. The molecule has 0 unspecified atom stereocenters. The first-order chi connectivity index (χ1) is 10.3. The first kappa shape index (κ1) is 18.6. The highest BCUT2D eigenvalue weighted by atomic mass is 32.2. The van der Waals surface area contributed by atoms with Crippen molar-refractivity contribution in [1.82, 2.24) is 5.32 Å². The second kappa shape index (κ2) is 8.90. The molecule has 22 heavy (non-hydrogen) atoms. The van der Waals surface area contributed by atoms with Crippen molar-refractivity contribution in [3.05, 3.63) is 35.4 Å². The van der Waals surface area contributed by atoms with Crippen molar-refractivity contribution in [1.29, 1.82) is 0 Å². The maximum absolute atomic E-state index is 12.0. The van der Waals surface area contributed by atoms with Crippen molar-refractivity contribution in [2.45, 2.75) is 26.0 Å². The van der Waals surface area contributed by atoms with E-state index in [1.165, 1.54) is 6.26 Å². The summed E-state index contributed by atoms with van der Waals surface area (Å²) >= 11 is 0. The highest BCUT2D eigenvalue weighted by Crippen LogP contribution is 2.08. The van der Waals surface area contributed by atoms with Crippen molar-refractivity contribution in [2.24, 2.45) is 5.92 Å². The van der Waals surface area contributed by atoms with Crippen LogP contribution in [0.5, 0.6) is 0 Å². The third-order valence-corrected chi connectivity index (χ3v) is 3.68. The Morgan fingerprint density at radius 3 is 2.68 bits per heavy atom. The summed E-state index contributed by atoms with van der Waals surface area (Å²) < 4.78 is 28.0. The number of benzene rings is 1. The lowest BCUT2D eigenvalue weighted by Gasteiger charge is -2.08. The van der Waals surface area contributed by atoms with Crippen LogP contribution in [-0.4, -0.2) is 40.3 Å². The number of hydrogen-bond donors (Lipinski definition) is 1. The van der Waals surface area contributed by atoms with E-state index in [-0.39, 0.29) is 11.7 Å². The number of carbonyl (C=O) groups excluding carboxylic acids is 1. The SMILES string of the molecule is CC(C)COCCCNC(=O)c1cccc(CS(C)(=O)=O)c1. The molecule has 1 aromatic rings. The molecule has 1 N–H and O–H groups in total. The van der Waals surface area contributed by atoms with Gasteiger partial charge in [-0.25, -0.2) is 8.42 Å². The largest absolute Gasteiger partial charge is 0.381 e. The van der Waals surface area contributed by atoms with Crippen LogP contribution in [0.15, 0.2) is 24.3 Å². The summed E-state index contributed by atoms with van der Waals surface area (Å²) in [7, 11) is -3.10. The number of hydrogen-bond acceptors (Lipinski definition) is 4. The Morgan fingerprint density at radius 2 is 2.05 bits per heavy atom. The van der Waals surface area contributed by atoms with Crippen molar-refractivity contribution >= 4 is 15.7 Å². The summed E-state index contributed by atoms with van der Waals surface area (Å²) in [6, 6.07) is 6.70. The molecule has 6 heteroatoms. The van der Waals surface area contributed by atoms with Crippen molar-refractivity contribution in [3.8, 4) is 0 Å². The van der Waals surface area contributed by atoms with Gasteiger partial charge in [-0.15, -0.1) is 0 Å². The zero-order valence-electron chi connectivity index (χ0n) is 13.5. The molecule has 0 radical (unpaired) electrons. The van der Waals surface area contributed by atoms with E-state index in [4.69, 9.17) is 4.74 Å². The van der Waals surface area contributed by atoms with Crippen LogP contribution in [0.2, 0.25) is 0 Å². The summed E-state index contributed by atoms with van der Waals surface area (Å²) in [6.45, 7) is 6.05. The van der Waals surface area contributed by atoms with Crippen LogP contribution in [0.4, 0.5) is 0 Å². The van der Waals surface area contributed by atoms with Gasteiger partial charge >= 0.3 is 0 Å². The lowest BCUT2D eigenvalue weighted by atomic mass is 10.1. The average Bonchev–Trinajstić information content (AvgIpc) is 2.40. The summed E-state index contributed by atoms with van der Waals surface area (Å²) in [4.78, 5) is 12.0. The maximum Gasteiger partial charge on any atom is 0.251 e. The van der Waals surface area contributed by atoms with Gasteiger partial charge in [0.2, 0.25) is 0 Å². The van der Waals surface area contributed by atoms with E-state index in [0.29, 0.717) is 30.2 Å². The van der Waals surface area contributed by atoms with Crippen LogP contribution in [0.3, 0.4) is 0 Å². The molecule has 0 aliphatic heterocycles. The zero-order chi connectivity index (χ0) is 16.6. The highest BCUT2D eigenvalue weighted by Gasteiger charge is 2.09. The van der Waals surface area contributed by atoms with Crippen LogP contribution in [-0.2, 0) is 20.3 Å². The Morgan fingerprint density at radius 1 is 1.32 bits per heavy atom. The fourth-order valence-corrected chi connectivity index (χ4v) is 2.69. The summed E-state index contributed by atoms with van der Waals surface area (Å²) in [6.07, 6.45) is 1.93. The molecule has 0 aromatic heterocycles. The van der Waals surface area contributed by atoms with Crippen LogP contribution in [0, 0.1) is 5.92 Å². The first-order valence-electron chi connectivity index (χ1n) is 7.40. The second-order valence-electron chi connectivity index (χ2n) is 5.85. The number of amides is 1. The summed E-state index contributed by atoms with van der Waals surface area (Å²) in [5.41, 5.74) is 1.10. The molecule has 1 rings (SSSR count). The molecule has 0 aliphatic rings. The van der Waals surface area contributed by atoms with Crippen molar-refractivity contribution < 1.29 is 17.9 Å². The van der Waals surface area contributed by atoms with Gasteiger partial charge in [-0.05, 0) is 30.0 Å². The van der Waals surface area contributed by atoms with E-state index in [2.05, 4.69) is 19.2 Å². The Kier molecular flexibility index (Phi) is 7.55. The van der Waals surface area contributed by atoms with Crippen LogP contribution in [0.1, 0.15) is 36.2 Å². The Bertz CT molecular complexity index is 582. The predicted octanol–water partition coefficient (Wildman–Crippen LogP) is 2.02. The Labute approximate surface area is 133 Å². The first-order valence-corrected chi connectivity index (χ1v) is 9.46. The third-order valence-electron chi connectivity index (χ3n) is 2.82. The van der Waals surface area contributed by atoms with E-state index in [9.17, 15) is 13.2 Å². The van der Waals surface area contributed by atoms with Crippen LogP contribution in [0.25, 0.3) is 0 Å². The maximum atomic E-state index is 12.0. The molecular weight excluding hydrogens is 302 g/mol. The molecule has 0 spiro atoms. The smallest absolute Gasteiger partial charge is 0.251 e. The minimum Gasteiger partial charge on any atom is -0.381 e. The van der Waals surface area contributed by atoms with Crippen LogP contribution >= 0.6 is 0 Å². The molecule has 0 saturated heterocycles. The van der Waals surface area contributed by atoms with Gasteiger partial charge in [-0.1, -0.05) is 26.0 Å². The van der Waals surface area contributed by atoms with Gasteiger partial charge in [0.1, 0.15) is 0 Å². The molecule has 5 nitrogen and oxygen atoms in total. The van der Waals surface area contributed by atoms with Gasteiger partial charge in [0.15, 0.2) is 9.84 Å². The predicted molar refractivity (Wildman–Crippen MR) is 87.6 cm³/mol. The van der Waals surface area contributed by atoms with E-state index in [1.807, 2.05) is 0 Å². The summed E-state index contributed by atoms with van der Waals surface area (Å²) in [5.74, 6) is 0.253. The fraction of sp³-hybridized carbons (Fsp3) is 0.562. The molecular formula is C16H25NO4S. The van der Waals surface area contributed by atoms with Gasteiger partial charge in [-0.2, -0.15) is 0 Å². The monoisotopic (exact) mass is 327 g/mol. The average molecular weight is 327 g/mol. The Balaban J connectivity index is 2.41. The van der Waals surface area contributed by atoms with E-state index < -0.39 is 9.84 Å². The number of carbonyl (C=O) groups is 1. The number of sulfone groups is 1. The molecule has 0 aliphatic carbocycles. The second-order valence-corrected chi connectivity index (χ2v) is 7.99. The quantitative estimate of drug-likeness (QED) is 0.704.